The van der Waals surface area contributed by atoms with Gasteiger partial charge in [-0.05, 0) is 54.3 Å². The van der Waals surface area contributed by atoms with E-state index < -0.39 is 0 Å². The smallest absolute Gasteiger partial charge is 0.272 e. The van der Waals surface area contributed by atoms with E-state index >= 15 is 0 Å². The number of aromatic nitrogens is 2. The first-order chi connectivity index (χ1) is 15.2. The molecular weight excluding hydrogens is 388 g/mol. The number of rotatable bonds is 5. The van der Waals surface area contributed by atoms with E-state index in [9.17, 15) is 9.59 Å². The minimum absolute atomic E-state index is 0.105. The lowest BCUT2D eigenvalue weighted by Crippen LogP contribution is -2.38. The number of carbonyl (C=O) groups is 2. The van der Waals surface area contributed by atoms with E-state index in [4.69, 9.17) is 0 Å². The van der Waals surface area contributed by atoms with Crippen LogP contribution in [-0.2, 0) is 11.2 Å². The van der Waals surface area contributed by atoms with E-state index in [0.29, 0.717) is 38.3 Å². The molecular formula is C25H26N4O2. The molecule has 2 amide bonds. The van der Waals surface area contributed by atoms with Gasteiger partial charge in [0.1, 0.15) is 5.69 Å². The number of hydrogen-bond donors (Lipinski definition) is 0. The molecule has 1 aliphatic heterocycles. The van der Waals surface area contributed by atoms with Crippen molar-refractivity contribution < 1.29 is 9.59 Å². The summed E-state index contributed by atoms with van der Waals surface area (Å²) < 4.78 is 0. The van der Waals surface area contributed by atoms with Crippen molar-refractivity contribution in [3.05, 3.63) is 84.4 Å². The molecule has 2 aromatic heterocycles. The third-order valence-corrected chi connectivity index (χ3v) is 5.72. The lowest BCUT2D eigenvalue weighted by atomic mass is 9.95. The zero-order chi connectivity index (χ0) is 21.6. The molecule has 0 saturated carbocycles. The Morgan fingerprint density at radius 3 is 2.58 bits per heavy atom. The Bertz CT molecular complexity index is 1040. The predicted molar refractivity (Wildman–Crippen MR) is 119 cm³/mol. The zero-order valence-corrected chi connectivity index (χ0v) is 17.6. The largest absolute Gasteiger partial charge is 0.341 e. The third-order valence-electron chi connectivity index (χ3n) is 5.72. The van der Waals surface area contributed by atoms with Crippen LogP contribution in [0.15, 0.2) is 73.2 Å². The van der Waals surface area contributed by atoms with Crippen LogP contribution in [0.2, 0.25) is 0 Å². The highest BCUT2D eigenvalue weighted by molar-refractivity contribution is 5.93. The van der Waals surface area contributed by atoms with Crippen molar-refractivity contribution in [2.24, 2.45) is 5.92 Å². The van der Waals surface area contributed by atoms with Crippen LogP contribution in [0.3, 0.4) is 0 Å². The van der Waals surface area contributed by atoms with Crippen molar-refractivity contribution in [1.82, 2.24) is 19.8 Å². The normalized spacial score (nSPS) is 16.8. The molecule has 3 aromatic rings. The van der Waals surface area contributed by atoms with Gasteiger partial charge in [-0.25, -0.2) is 0 Å². The Balaban J connectivity index is 1.57. The molecule has 1 aliphatic rings. The maximum absolute atomic E-state index is 13.2. The summed E-state index contributed by atoms with van der Waals surface area (Å²) in [6.07, 6.45) is 5.75. The number of carbonyl (C=O) groups excluding carboxylic acids is 2. The second kappa shape index (κ2) is 9.51. The molecule has 1 saturated heterocycles. The molecule has 6 heteroatoms. The van der Waals surface area contributed by atoms with Gasteiger partial charge in [-0.3, -0.25) is 19.6 Å². The molecule has 0 radical (unpaired) electrons. The summed E-state index contributed by atoms with van der Waals surface area (Å²) in [4.78, 5) is 38.1. The average molecular weight is 415 g/mol. The van der Waals surface area contributed by atoms with Gasteiger partial charge in [-0.1, -0.05) is 30.3 Å². The summed E-state index contributed by atoms with van der Waals surface area (Å²) in [7, 11) is 0. The van der Waals surface area contributed by atoms with E-state index in [-0.39, 0.29) is 17.7 Å². The van der Waals surface area contributed by atoms with Gasteiger partial charge in [0.15, 0.2) is 0 Å². The molecule has 1 fully saturated rings. The van der Waals surface area contributed by atoms with Gasteiger partial charge < -0.3 is 9.80 Å². The van der Waals surface area contributed by atoms with Gasteiger partial charge in [0.2, 0.25) is 5.91 Å². The van der Waals surface area contributed by atoms with Crippen molar-refractivity contribution in [1.29, 1.82) is 0 Å². The maximum Gasteiger partial charge on any atom is 0.272 e. The van der Waals surface area contributed by atoms with Gasteiger partial charge in [-0.2, -0.15) is 0 Å². The fraction of sp³-hybridized carbons (Fsp3) is 0.280. The van der Waals surface area contributed by atoms with E-state index in [2.05, 4.69) is 22.1 Å². The summed E-state index contributed by atoms with van der Waals surface area (Å²) in [6, 6.07) is 17.5. The summed E-state index contributed by atoms with van der Waals surface area (Å²) >= 11 is 0. The molecule has 0 N–H and O–H groups in total. The Kier molecular flexibility index (Phi) is 6.36. The molecule has 0 bridgehead atoms. The summed E-state index contributed by atoms with van der Waals surface area (Å²) in [6.45, 7) is 4.07. The molecule has 3 heterocycles. The van der Waals surface area contributed by atoms with Crippen LogP contribution in [-0.4, -0.2) is 57.8 Å². The lowest BCUT2D eigenvalue weighted by molar-refractivity contribution is -0.134. The first-order valence-electron chi connectivity index (χ1n) is 10.6. The third kappa shape index (κ3) is 4.79. The van der Waals surface area contributed by atoms with E-state index in [0.717, 1.165) is 16.7 Å². The molecule has 0 unspecified atom stereocenters. The first kappa shape index (κ1) is 20.7. The molecule has 1 atom stereocenters. The highest BCUT2D eigenvalue weighted by Crippen LogP contribution is 2.23. The number of amides is 2. The van der Waals surface area contributed by atoms with E-state index in [1.165, 1.54) is 0 Å². The van der Waals surface area contributed by atoms with Crippen LogP contribution in [0.5, 0.6) is 0 Å². The summed E-state index contributed by atoms with van der Waals surface area (Å²) in [5.41, 5.74) is 3.68. The SMILES string of the molecule is CCN1CCN(C(=O)c2ccccn2)C[C@@H](Cc2cccc(-c3ccncc3)c2)C1=O. The van der Waals surface area contributed by atoms with Gasteiger partial charge in [-0.15, -0.1) is 0 Å². The summed E-state index contributed by atoms with van der Waals surface area (Å²) in [5, 5.41) is 0. The van der Waals surface area contributed by atoms with Crippen LogP contribution in [0.25, 0.3) is 11.1 Å². The second-order valence-corrected chi connectivity index (χ2v) is 7.72. The van der Waals surface area contributed by atoms with Crippen LogP contribution in [0, 0.1) is 5.92 Å². The van der Waals surface area contributed by atoms with Crippen LogP contribution in [0.4, 0.5) is 0 Å². The predicted octanol–water partition coefficient (Wildman–Crippen LogP) is 3.31. The average Bonchev–Trinajstić information content (AvgIpc) is 2.98. The number of pyridine rings is 2. The molecule has 0 aliphatic carbocycles. The van der Waals surface area contributed by atoms with Gasteiger partial charge >= 0.3 is 0 Å². The minimum Gasteiger partial charge on any atom is -0.341 e. The fourth-order valence-electron chi connectivity index (χ4n) is 4.05. The van der Waals surface area contributed by atoms with Crippen molar-refractivity contribution in [3.63, 3.8) is 0 Å². The molecule has 1 aromatic carbocycles. The van der Waals surface area contributed by atoms with Gasteiger partial charge in [0.25, 0.3) is 5.91 Å². The number of nitrogens with zero attached hydrogens (tertiary/aromatic N) is 4. The monoisotopic (exact) mass is 414 g/mol. The number of likely N-dealkylation sites (N-methyl/N-ethyl adjacent to an activating group) is 1. The van der Waals surface area contributed by atoms with E-state index in [1.807, 2.05) is 42.2 Å². The van der Waals surface area contributed by atoms with Gasteiger partial charge in [0, 0.05) is 44.8 Å². The quantitative estimate of drug-likeness (QED) is 0.643. The first-order valence-corrected chi connectivity index (χ1v) is 10.6. The Labute approximate surface area is 182 Å². The second-order valence-electron chi connectivity index (χ2n) is 7.72. The van der Waals surface area contributed by atoms with Crippen molar-refractivity contribution in [2.75, 3.05) is 26.2 Å². The van der Waals surface area contributed by atoms with Crippen molar-refractivity contribution in [2.45, 2.75) is 13.3 Å². The maximum atomic E-state index is 13.2. The van der Waals surface area contributed by atoms with Gasteiger partial charge in [0.05, 0.1) is 5.92 Å². The van der Waals surface area contributed by atoms with Crippen LogP contribution >= 0.6 is 0 Å². The number of hydrogen-bond acceptors (Lipinski definition) is 4. The molecule has 6 nitrogen and oxygen atoms in total. The van der Waals surface area contributed by atoms with Crippen LogP contribution in [0.1, 0.15) is 23.0 Å². The fourth-order valence-corrected chi connectivity index (χ4v) is 4.05. The minimum atomic E-state index is -0.289. The van der Waals surface area contributed by atoms with E-state index in [1.54, 1.807) is 35.6 Å². The highest BCUT2D eigenvalue weighted by atomic mass is 16.2. The number of benzene rings is 1. The standard InChI is InChI=1S/C25H26N4O2/c1-2-28-14-15-29(25(31)23-8-3-4-11-27-23)18-22(24(28)30)17-19-6-5-7-21(16-19)20-9-12-26-13-10-20/h3-13,16,22H,2,14-15,17-18H2,1H3/t22-/m1/s1. The summed E-state index contributed by atoms with van der Waals surface area (Å²) in [5.74, 6) is -0.308. The molecule has 4 rings (SSSR count). The molecule has 31 heavy (non-hydrogen) atoms. The highest BCUT2D eigenvalue weighted by Gasteiger charge is 2.32. The molecule has 0 spiro atoms. The zero-order valence-electron chi connectivity index (χ0n) is 17.6. The van der Waals surface area contributed by atoms with Crippen molar-refractivity contribution >= 4 is 11.8 Å². The van der Waals surface area contributed by atoms with Crippen LogP contribution < -0.4 is 0 Å². The Morgan fingerprint density at radius 1 is 1.00 bits per heavy atom. The Morgan fingerprint density at radius 2 is 1.84 bits per heavy atom. The topological polar surface area (TPSA) is 66.4 Å². The molecule has 158 valence electrons. The van der Waals surface area contributed by atoms with Crippen molar-refractivity contribution in [3.8, 4) is 11.1 Å². The Hall–Kier alpha value is -3.54. The lowest BCUT2D eigenvalue weighted by Gasteiger charge is -2.23.